The Hall–Kier alpha value is -3.95. The van der Waals surface area contributed by atoms with Crippen LogP contribution in [0.5, 0.6) is 5.75 Å². The van der Waals surface area contributed by atoms with Gasteiger partial charge in [0.25, 0.3) is 0 Å². The van der Waals surface area contributed by atoms with E-state index in [2.05, 4.69) is 17.1 Å². The largest absolute Gasteiger partial charge is 0.496 e. The van der Waals surface area contributed by atoms with E-state index < -0.39 is 11.9 Å². The fourth-order valence-corrected chi connectivity index (χ4v) is 4.88. The minimum Gasteiger partial charge on any atom is -0.496 e. The summed E-state index contributed by atoms with van der Waals surface area (Å²) in [5.74, 6) is -0.692. The Morgan fingerprint density at radius 1 is 1.20 bits per heavy atom. The predicted octanol–water partition coefficient (Wildman–Crippen LogP) is 4.30. The number of hydrogen-bond donors (Lipinski definition) is 1. The molecule has 0 aliphatic carbocycles. The molecule has 1 aliphatic heterocycles. The molecule has 0 saturated heterocycles. The number of benzene rings is 1. The first kappa shape index (κ1) is 25.7. The van der Waals surface area contributed by atoms with Crippen LogP contribution in [0.1, 0.15) is 40.8 Å². The number of esters is 1. The smallest absolute Gasteiger partial charge is 0.338 e. The third kappa shape index (κ3) is 4.96. The molecule has 0 radical (unpaired) electrons. The normalized spacial score (nSPS) is 15.2. The van der Waals surface area contributed by atoms with Crippen molar-refractivity contribution in [3.63, 3.8) is 0 Å². The number of nitrogens with two attached hydrogens (primary N) is 1. The Balaban J connectivity index is 2.16. The fourth-order valence-electron chi connectivity index (χ4n) is 3.85. The average Bonchev–Trinajstić information content (AvgIpc) is 2.85. The summed E-state index contributed by atoms with van der Waals surface area (Å²) in [5, 5.41) is 20.1. The number of aryl methyl sites for hydroxylation is 1. The average molecular weight is 491 g/mol. The number of ether oxygens (including phenoxy) is 3. The van der Waals surface area contributed by atoms with Crippen LogP contribution in [0.4, 0.5) is 0 Å². The monoisotopic (exact) mass is 490 g/mol. The van der Waals surface area contributed by atoms with Gasteiger partial charge in [0, 0.05) is 11.3 Å². The summed E-state index contributed by atoms with van der Waals surface area (Å²) >= 11 is 1.26. The highest BCUT2D eigenvalue weighted by molar-refractivity contribution is 7.99. The van der Waals surface area contributed by atoms with Crippen molar-refractivity contribution in [3.8, 4) is 17.9 Å². The zero-order valence-electron chi connectivity index (χ0n) is 20.3. The Kier molecular flexibility index (Phi) is 8.06. The molecule has 1 unspecified atom stereocenters. The van der Waals surface area contributed by atoms with Gasteiger partial charge in [-0.3, -0.25) is 0 Å². The van der Waals surface area contributed by atoms with Gasteiger partial charge in [0.15, 0.2) is 0 Å². The summed E-state index contributed by atoms with van der Waals surface area (Å²) in [7, 11) is 1.51. The van der Waals surface area contributed by atoms with E-state index >= 15 is 0 Å². The first-order valence-electron chi connectivity index (χ1n) is 10.9. The number of pyridine rings is 1. The van der Waals surface area contributed by atoms with Gasteiger partial charge in [-0.25, -0.2) is 9.78 Å². The molecule has 3 rings (SSSR count). The van der Waals surface area contributed by atoms with Gasteiger partial charge in [-0.05, 0) is 44.9 Å². The lowest BCUT2D eigenvalue weighted by Gasteiger charge is -2.29. The number of rotatable bonds is 7. The number of aromatic nitrogens is 1. The molecular weight excluding hydrogens is 464 g/mol. The van der Waals surface area contributed by atoms with Crippen molar-refractivity contribution < 1.29 is 19.0 Å². The van der Waals surface area contributed by atoms with E-state index in [9.17, 15) is 15.3 Å². The maximum absolute atomic E-state index is 13.2. The van der Waals surface area contributed by atoms with Crippen LogP contribution in [-0.2, 0) is 14.3 Å². The minimum absolute atomic E-state index is 0.0872. The molecule has 1 aromatic carbocycles. The standard InChI is InChI=1S/C26H26N4O4S/c1-6-33-26(31)23-21(13-35-25-18(11-27)15(3)14(2)16(4)30-25)34-24(29)19(12-28)22(23)17-9-7-8-10-20(17)32-5/h7-10,22H,6,13,29H2,1-5H3. The maximum atomic E-state index is 13.2. The fraction of sp³-hybridized carbons (Fsp3) is 0.308. The molecule has 8 nitrogen and oxygen atoms in total. The first-order chi connectivity index (χ1) is 16.8. The molecule has 0 fully saturated rings. The second kappa shape index (κ2) is 11.0. The lowest BCUT2D eigenvalue weighted by Crippen LogP contribution is -2.27. The van der Waals surface area contributed by atoms with E-state index in [0.717, 1.165) is 16.8 Å². The van der Waals surface area contributed by atoms with Crippen LogP contribution >= 0.6 is 11.8 Å². The van der Waals surface area contributed by atoms with Crippen molar-refractivity contribution in [3.05, 3.63) is 75.0 Å². The van der Waals surface area contributed by atoms with Crippen LogP contribution in [0, 0.1) is 43.4 Å². The molecule has 0 bridgehead atoms. The second-order valence-corrected chi connectivity index (χ2v) is 8.72. The van der Waals surface area contributed by atoms with E-state index in [1.807, 2.05) is 20.8 Å². The third-order valence-corrected chi connectivity index (χ3v) is 6.83. The number of carbonyl (C=O) groups excluding carboxylic acids is 1. The van der Waals surface area contributed by atoms with Crippen molar-refractivity contribution in [2.75, 3.05) is 19.5 Å². The Morgan fingerprint density at radius 2 is 1.91 bits per heavy atom. The molecule has 1 aliphatic rings. The van der Waals surface area contributed by atoms with E-state index in [-0.39, 0.29) is 35.1 Å². The molecular formula is C26H26N4O4S. The molecule has 0 spiro atoms. The summed E-state index contributed by atoms with van der Waals surface area (Å²) in [5.41, 5.74) is 10.1. The molecule has 35 heavy (non-hydrogen) atoms. The maximum Gasteiger partial charge on any atom is 0.338 e. The molecule has 9 heteroatoms. The molecule has 2 N–H and O–H groups in total. The summed E-state index contributed by atoms with van der Waals surface area (Å²) in [4.78, 5) is 17.8. The molecule has 2 heterocycles. The lowest BCUT2D eigenvalue weighted by atomic mass is 9.82. The summed E-state index contributed by atoms with van der Waals surface area (Å²) in [6, 6.07) is 11.4. The third-order valence-electron chi connectivity index (χ3n) is 5.86. The van der Waals surface area contributed by atoms with Gasteiger partial charge < -0.3 is 19.9 Å². The van der Waals surface area contributed by atoms with Gasteiger partial charge >= 0.3 is 5.97 Å². The number of nitriles is 2. The van der Waals surface area contributed by atoms with Crippen molar-refractivity contribution in [1.82, 2.24) is 4.98 Å². The lowest BCUT2D eigenvalue weighted by molar-refractivity contribution is -0.139. The van der Waals surface area contributed by atoms with Crippen LogP contribution in [0.3, 0.4) is 0 Å². The minimum atomic E-state index is -0.843. The van der Waals surface area contributed by atoms with E-state index in [4.69, 9.17) is 19.9 Å². The first-order valence-corrected chi connectivity index (χ1v) is 11.9. The van der Waals surface area contributed by atoms with Gasteiger partial charge in [0.05, 0.1) is 36.5 Å². The second-order valence-electron chi connectivity index (χ2n) is 7.75. The Morgan fingerprint density at radius 3 is 2.54 bits per heavy atom. The summed E-state index contributed by atoms with van der Waals surface area (Å²) < 4.78 is 16.7. The molecule has 0 amide bonds. The van der Waals surface area contributed by atoms with Gasteiger partial charge in [0.2, 0.25) is 5.88 Å². The van der Waals surface area contributed by atoms with E-state index in [1.54, 1.807) is 31.2 Å². The highest BCUT2D eigenvalue weighted by Gasteiger charge is 2.39. The molecule has 1 atom stereocenters. The van der Waals surface area contributed by atoms with E-state index in [0.29, 0.717) is 21.9 Å². The van der Waals surface area contributed by atoms with Crippen LogP contribution in [0.2, 0.25) is 0 Å². The number of methoxy groups -OCH3 is 1. The van der Waals surface area contributed by atoms with Gasteiger partial charge in [-0.15, -0.1) is 0 Å². The quantitative estimate of drug-likeness (QED) is 0.445. The number of para-hydroxylation sites is 1. The summed E-state index contributed by atoms with van der Waals surface area (Å²) in [6.45, 7) is 7.52. The molecule has 2 aromatic rings. The number of thioether (sulfide) groups is 1. The zero-order valence-corrected chi connectivity index (χ0v) is 21.1. The molecule has 1 aromatic heterocycles. The van der Waals surface area contributed by atoms with Crippen LogP contribution in [-0.4, -0.2) is 30.4 Å². The number of carbonyl (C=O) groups is 1. The zero-order chi connectivity index (χ0) is 25.7. The summed E-state index contributed by atoms with van der Waals surface area (Å²) in [6.07, 6.45) is 0. The van der Waals surface area contributed by atoms with Crippen LogP contribution < -0.4 is 10.5 Å². The van der Waals surface area contributed by atoms with Gasteiger partial charge in [-0.2, -0.15) is 10.5 Å². The van der Waals surface area contributed by atoms with E-state index in [1.165, 1.54) is 18.9 Å². The topological polar surface area (TPSA) is 131 Å². The Bertz CT molecular complexity index is 1320. The van der Waals surface area contributed by atoms with Crippen molar-refractivity contribution in [2.45, 2.75) is 38.6 Å². The van der Waals surface area contributed by atoms with Crippen molar-refractivity contribution in [2.24, 2.45) is 5.73 Å². The number of hydrogen-bond acceptors (Lipinski definition) is 9. The van der Waals surface area contributed by atoms with Crippen LogP contribution in [0.25, 0.3) is 0 Å². The molecule has 180 valence electrons. The highest BCUT2D eigenvalue weighted by atomic mass is 32.2. The SMILES string of the molecule is CCOC(=O)C1=C(CSc2nc(C)c(C)c(C)c2C#N)OC(N)=C(C#N)C1c1ccccc1OC. The molecule has 0 saturated carbocycles. The Labute approximate surface area is 209 Å². The van der Waals surface area contributed by atoms with Crippen molar-refractivity contribution >= 4 is 17.7 Å². The highest BCUT2D eigenvalue weighted by Crippen LogP contribution is 2.44. The number of allylic oxidation sites excluding steroid dienone is 1. The van der Waals surface area contributed by atoms with Crippen LogP contribution in [0.15, 0.2) is 52.1 Å². The van der Waals surface area contributed by atoms with Gasteiger partial charge in [-0.1, -0.05) is 30.0 Å². The van der Waals surface area contributed by atoms with Gasteiger partial charge in [0.1, 0.15) is 34.2 Å². The predicted molar refractivity (Wildman–Crippen MR) is 131 cm³/mol. The number of nitrogens with zero attached hydrogens (tertiary/aromatic N) is 3. The van der Waals surface area contributed by atoms with Crippen molar-refractivity contribution in [1.29, 1.82) is 10.5 Å².